The van der Waals surface area contributed by atoms with Crippen LogP contribution in [0, 0.1) is 13.8 Å². The van der Waals surface area contributed by atoms with Gasteiger partial charge in [0, 0.05) is 17.0 Å². The first-order valence-electron chi connectivity index (χ1n) is 5.61. The summed E-state index contributed by atoms with van der Waals surface area (Å²) in [6.07, 6.45) is 0. The van der Waals surface area contributed by atoms with Crippen molar-refractivity contribution in [2.75, 3.05) is 0 Å². The number of halogens is 1. The number of aromatic nitrogens is 4. The van der Waals surface area contributed by atoms with Crippen molar-refractivity contribution < 1.29 is 0 Å². The minimum absolute atomic E-state index is 0.599. The van der Waals surface area contributed by atoms with Crippen LogP contribution in [0.25, 0.3) is 17.2 Å². The number of benzene rings is 1. The van der Waals surface area contributed by atoms with Crippen LogP contribution in [0.1, 0.15) is 11.4 Å². The van der Waals surface area contributed by atoms with E-state index in [9.17, 15) is 0 Å². The summed E-state index contributed by atoms with van der Waals surface area (Å²) in [5, 5.41) is 8.95. The van der Waals surface area contributed by atoms with Gasteiger partial charge in [0.05, 0.1) is 5.02 Å². The zero-order valence-corrected chi connectivity index (χ0v) is 10.8. The lowest BCUT2D eigenvalue weighted by Crippen LogP contribution is -1.98. The Labute approximate surface area is 109 Å². The topological polar surface area (TPSA) is 43.1 Å². The van der Waals surface area contributed by atoms with Crippen LogP contribution >= 0.6 is 11.6 Å². The summed E-state index contributed by atoms with van der Waals surface area (Å²) in [6.45, 7) is 3.95. The predicted molar refractivity (Wildman–Crippen MR) is 70.7 cm³/mol. The lowest BCUT2D eigenvalue weighted by atomic mass is 10.2. The molecule has 0 spiro atoms. The predicted octanol–water partition coefficient (Wildman–Crippen LogP) is 3.06. The van der Waals surface area contributed by atoms with Gasteiger partial charge < -0.3 is 0 Å². The van der Waals surface area contributed by atoms with E-state index in [4.69, 9.17) is 11.6 Å². The van der Waals surface area contributed by atoms with Crippen molar-refractivity contribution in [3.05, 3.63) is 46.7 Å². The zero-order chi connectivity index (χ0) is 12.7. The van der Waals surface area contributed by atoms with E-state index < -0.39 is 0 Å². The third-order valence-corrected chi connectivity index (χ3v) is 3.14. The van der Waals surface area contributed by atoms with Gasteiger partial charge in [-0.15, -0.1) is 10.2 Å². The molecule has 0 fully saturated rings. The molecule has 0 atom stereocenters. The normalized spacial score (nSPS) is 11.1. The molecule has 18 heavy (non-hydrogen) atoms. The molecule has 0 bridgehead atoms. The van der Waals surface area contributed by atoms with Gasteiger partial charge in [-0.25, -0.2) is 4.98 Å². The summed E-state index contributed by atoms with van der Waals surface area (Å²) in [4.78, 5) is 4.36. The fourth-order valence-electron chi connectivity index (χ4n) is 2.05. The average Bonchev–Trinajstić information content (AvgIpc) is 2.73. The Morgan fingerprint density at radius 2 is 1.89 bits per heavy atom. The highest BCUT2D eigenvalue weighted by Crippen LogP contribution is 2.26. The van der Waals surface area contributed by atoms with Gasteiger partial charge in [0.1, 0.15) is 0 Å². The third kappa shape index (κ3) is 1.66. The van der Waals surface area contributed by atoms with Gasteiger partial charge in [-0.3, -0.25) is 4.40 Å². The molecule has 0 N–H and O–H groups in total. The molecule has 4 nitrogen and oxygen atoms in total. The molecule has 0 aliphatic rings. The maximum Gasteiger partial charge on any atom is 0.255 e. The van der Waals surface area contributed by atoms with Crippen LogP contribution in [-0.2, 0) is 0 Å². The highest BCUT2D eigenvalue weighted by Gasteiger charge is 2.13. The monoisotopic (exact) mass is 258 g/mol. The Kier molecular flexibility index (Phi) is 2.52. The fraction of sp³-hybridized carbons (Fsp3) is 0.154. The van der Waals surface area contributed by atoms with Crippen molar-refractivity contribution in [2.45, 2.75) is 13.8 Å². The lowest BCUT2D eigenvalue weighted by molar-refractivity contribution is 1.02. The second kappa shape index (κ2) is 4.07. The molecular weight excluding hydrogens is 248 g/mol. The second-order valence-corrected chi connectivity index (χ2v) is 4.58. The van der Waals surface area contributed by atoms with Crippen LogP contribution in [-0.4, -0.2) is 19.6 Å². The number of fused-ring (bicyclic) bond motifs is 1. The summed E-state index contributed by atoms with van der Waals surface area (Å²) in [5.41, 5.74) is 2.83. The van der Waals surface area contributed by atoms with Crippen LogP contribution < -0.4 is 0 Å². The van der Waals surface area contributed by atoms with Crippen LogP contribution in [0.3, 0.4) is 0 Å². The molecule has 0 aliphatic heterocycles. The molecule has 5 heteroatoms. The van der Waals surface area contributed by atoms with Gasteiger partial charge in [-0.05, 0) is 32.0 Å². The molecule has 0 unspecified atom stereocenters. The number of nitrogens with zero attached hydrogens (tertiary/aromatic N) is 4. The van der Waals surface area contributed by atoms with E-state index in [1.165, 1.54) is 0 Å². The van der Waals surface area contributed by atoms with Crippen molar-refractivity contribution >= 4 is 17.4 Å². The van der Waals surface area contributed by atoms with Crippen molar-refractivity contribution in [1.29, 1.82) is 0 Å². The lowest BCUT2D eigenvalue weighted by Gasteiger charge is -2.05. The zero-order valence-electron chi connectivity index (χ0n) is 10.1. The minimum Gasteiger partial charge on any atom is -0.264 e. The van der Waals surface area contributed by atoms with Gasteiger partial charge in [0.25, 0.3) is 5.78 Å². The maximum absolute atomic E-state index is 6.20. The molecular formula is C13H11ClN4. The van der Waals surface area contributed by atoms with Crippen LogP contribution in [0.4, 0.5) is 0 Å². The maximum atomic E-state index is 6.20. The van der Waals surface area contributed by atoms with Crippen molar-refractivity contribution in [1.82, 2.24) is 19.6 Å². The average molecular weight is 259 g/mol. The summed E-state index contributed by atoms with van der Waals surface area (Å²) < 4.78 is 1.91. The first-order chi connectivity index (χ1) is 8.66. The van der Waals surface area contributed by atoms with E-state index in [-0.39, 0.29) is 0 Å². The molecule has 1 aromatic carbocycles. The highest BCUT2D eigenvalue weighted by molar-refractivity contribution is 6.33. The fourth-order valence-corrected chi connectivity index (χ4v) is 2.27. The Bertz CT molecular complexity index is 733. The van der Waals surface area contributed by atoms with E-state index in [2.05, 4.69) is 15.2 Å². The van der Waals surface area contributed by atoms with Crippen LogP contribution in [0.2, 0.25) is 5.02 Å². The Hall–Kier alpha value is -1.94. The summed E-state index contributed by atoms with van der Waals surface area (Å²) >= 11 is 6.20. The van der Waals surface area contributed by atoms with E-state index in [0.29, 0.717) is 10.8 Å². The largest absolute Gasteiger partial charge is 0.264 e. The SMILES string of the molecule is Cc1cc(C)n2c(-c3ccccc3Cl)nnc2n1. The molecule has 0 aliphatic carbocycles. The molecule has 90 valence electrons. The van der Waals surface area contributed by atoms with Gasteiger partial charge in [0.15, 0.2) is 5.82 Å². The number of rotatable bonds is 1. The second-order valence-electron chi connectivity index (χ2n) is 4.18. The Balaban J connectivity index is 2.35. The van der Waals surface area contributed by atoms with Crippen LogP contribution in [0.5, 0.6) is 0 Å². The minimum atomic E-state index is 0.599. The standard InChI is InChI=1S/C13H11ClN4/c1-8-7-9(2)18-12(16-17-13(18)15-8)10-5-3-4-6-11(10)14/h3-7H,1-2H3. The van der Waals surface area contributed by atoms with E-state index in [1.54, 1.807) is 0 Å². The van der Waals surface area contributed by atoms with E-state index in [0.717, 1.165) is 22.8 Å². The van der Waals surface area contributed by atoms with Crippen molar-refractivity contribution in [2.24, 2.45) is 0 Å². The molecule has 0 saturated carbocycles. The quantitative estimate of drug-likeness (QED) is 0.674. The van der Waals surface area contributed by atoms with Crippen LogP contribution in [0.15, 0.2) is 30.3 Å². The van der Waals surface area contributed by atoms with Crippen molar-refractivity contribution in [3.8, 4) is 11.4 Å². The molecule has 3 rings (SSSR count). The van der Waals surface area contributed by atoms with Gasteiger partial charge in [-0.1, -0.05) is 23.7 Å². The van der Waals surface area contributed by atoms with Gasteiger partial charge >= 0.3 is 0 Å². The molecule has 2 aromatic heterocycles. The molecule has 0 saturated heterocycles. The first kappa shape index (κ1) is 11.2. The molecule has 3 aromatic rings. The molecule has 0 amide bonds. The van der Waals surface area contributed by atoms with E-state index >= 15 is 0 Å². The molecule has 0 radical (unpaired) electrons. The number of hydrogen-bond acceptors (Lipinski definition) is 3. The summed E-state index contributed by atoms with van der Waals surface area (Å²) in [6, 6.07) is 9.59. The third-order valence-electron chi connectivity index (χ3n) is 2.81. The van der Waals surface area contributed by atoms with Gasteiger partial charge in [0.2, 0.25) is 0 Å². The Morgan fingerprint density at radius 3 is 2.67 bits per heavy atom. The summed E-state index contributed by atoms with van der Waals surface area (Å²) in [5.74, 6) is 1.32. The highest BCUT2D eigenvalue weighted by atomic mass is 35.5. The Morgan fingerprint density at radius 1 is 1.11 bits per heavy atom. The van der Waals surface area contributed by atoms with Crippen molar-refractivity contribution in [3.63, 3.8) is 0 Å². The number of hydrogen-bond donors (Lipinski definition) is 0. The van der Waals surface area contributed by atoms with Gasteiger partial charge in [-0.2, -0.15) is 0 Å². The first-order valence-corrected chi connectivity index (χ1v) is 5.99. The summed E-state index contributed by atoms with van der Waals surface area (Å²) in [7, 11) is 0. The molecule has 2 heterocycles. The van der Waals surface area contributed by atoms with E-state index in [1.807, 2.05) is 48.6 Å². The smallest absolute Gasteiger partial charge is 0.255 e. The number of aryl methyl sites for hydroxylation is 2.